The molecule has 0 radical (unpaired) electrons. The van der Waals surface area contributed by atoms with Crippen LogP contribution in [0, 0.1) is 5.82 Å². The summed E-state index contributed by atoms with van der Waals surface area (Å²) in [6, 6.07) is 13.5. The Labute approximate surface area is 159 Å². The lowest BCUT2D eigenvalue weighted by atomic mass is 10.1. The van der Waals surface area contributed by atoms with E-state index in [1.54, 1.807) is 38.2 Å². The molecule has 27 heavy (non-hydrogen) atoms. The first-order valence-electron chi connectivity index (χ1n) is 8.63. The summed E-state index contributed by atoms with van der Waals surface area (Å²) in [5.41, 5.74) is 1.69. The highest BCUT2D eigenvalue weighted by Gasteiger charge is 2.07. The van der Waals surface area contributed by atoms with Crippen molar-refractivity contribution in [2.45, 2.75) is 6.54 Å². The Kier molecular flexibility index (Phi) is 7.61. The fourth-order valence-electron chi connectivity index (χ4n) is 2.32. The van der Waals surface area contributed by atoms with Crippen LogP contribution in [0.15, 0.2) is 53.5 Å². The lowest BCUT2D eigenvalue weighted by molar-refractivity contribution is 0.0827. The van der Waals surface area contributed by atoms with Crippen molar-refractivity contribution < 1.29 is 13.9 Å². The van der Waals surface area contributed by atoms with E-state index in [1.807, 2.05) is 24.3 Å². The Balaban J connectivity index is 1.74. The summed E-state index contributed by atoms with van der Waals surface area (Å²) in [6.45, 7) is 1.47. The maximum Gasteiger partial charge on any atom is 0.253 e. The number of carbonyl (C=O) groups excluding carboxylic acids is 1. The minimum atomic E-state index is -0.323. The zero-order valence-electron chi connectivity index (χ0n) is 15.8. The first-order valence-corrected chi connectivity index (χ1v) is 8.63. The van der Waals surface area contributed by atoms with Crippen molar-refractivity contribution in [3.8, 4) is 5.75 Å². The summed E-state index contributed by atoms with van der Waals surface area (Å²) in [6.07, 6.45) is 0. The summed E-state index contributed by atoms with van der Waals surface area (Å²) in [4.78, 5) is 17.6. The third-order valence-electron chi connectivity index (χ3n) is 3.75. The molecular weight excluding hydrogens is 347 g/mol. The standard InChI is InChI=1S/C20H25FN4O2/c1-22-20(23-11-12-27-18-6-4-5-17(21)13-18)24-14-15-7-9-16(10-8-15)19(26)25(2)3/h4-10,13H,11-12,14H2,1-3H3,(H2,22,23,24). The van der Waals surface area contributed by atoms with Gasteiger partial charge in [0.15, 0.2) is 5.96 Å². The molecule has 0 aliphatic carbocycles. The Morgan fingerprint density at radius 2 is 1.89 bits per heavy atom. The van der Waals surface area contributed by atoms with E-state index in [4.69, 9.17) is 4.74 Å². The number of hydrogen-bond donors (Lipinski definition) is 2. The molecule has 0 saturated carbocycles. The number of ether oxygens (including phenoxy) is 1. The van der Waals surface area contributed by atoms with E-state index in [9.17, 15) is 9.18 Å². The topological polar surface area (TPSA) is 66.0 Å². The van der Waals surface area contributed by atoms with Crippen LogP contribution >= 0.6 is 0 Å². The molecule has 2 aromatic carbocycles. The van der Waals surface area contributed by atoms with Crippen LogP contribution < -0.4 is 15.4 Å². The number of nitrogens with zero attached hydrogens (tertiary/aromatic N) is 2. The molecule has 0 saturated heterocycles. The molecule has 2 aromatic rings. The van der Waals surface area contributed by atoms with Crippen molar-refractivity contribution in [1.29, 1.82) is 0 Å². The number of hydrogen-bond acceptors (Lipinski definition) is 3. The van der Waals surface area contributed by atoms with Gasteiger partial charge in [-0.25, -0.2) is 4.39 Å². The van der Waals surface area contributed by atoms with Crippen molar-refractivity contribution in [2.75, 3.05) is 34.3 Å². The van der Waals surface area contributed by atoms with E-state index in [0.717, 1.165) is 5.56 Å². The predicted molar refractivity (Wildman–Crippen MR) is 105 cm³/mol. The highest BCUT2D eigenvalue weighted by molar-refractivity contribution is 5.93. The molecule has 2 N–H and O–H groups in total. The van der Waals surface area contributed by atoms with E-state index < -0.39 is 0 Å². The van der Waals surface area contributed by atoms with E-state index in [1.165, 1.54) is 12.1 Å². The maximum atomic E-state index is 13.1. The van der Waals surface area contributed by atoms with Gasteiger partial charge in [0.1, 0.15) is 18.2 Å². The molecule has 0 aliphatic rings. The first kappa shape index (κ1) is 20.2. The average molecular weight is 372 g/mol. The van der Waals surface area contributed by atoms with Crippen molar-refractivity contribution in [3.05, 3.63) is 65.5 Å². The Bertz CT molecular complexity index is 776. The summed E-state index contributed by atoms with van der Waals surface area (Å²) < 4.78 is 18.6. The van der Waals surface area contributed by atoms with Gasteiger partial charge in [0.05, 0.1) is 6.54 Å². The second-order valence-corrected chi connectivity index (χ2v) is 6.05. The molecular formula is C20H25FN4O2. The molecule has 6 nitrogen and oxygen atoms in total. The molecule has 0 atom stereocenters. The molecule has 0 spiro atoms. The fourth-order valence-corrected chi connectivity index (χ4v) is 2.32. The Morgan fingerprint density at radius 1 is 1.15 bits per heavy atom. The molecule has 0 heterocycles. The third kappa shape index (κ3) is 6.62. The number of nitrogens with one attached hydrogen (secondary N) is 2. The van der Waals surface area contributed by atoms with Crippen LogP contribution in [0.25, 0.3) is 0 Å². The molecule has 0 unspecified atom stereocenters. The van der Waals surface area contributed by atoms with Crippen LogP contribution in [0.5, 0.6) is 5.75 Å². The summed E-state index contributed by atoms with van der Waals surface area (Å²) in [7, 11) is 5.14. The molecule has 7 heteroatoms. The summed E-state index contributed by atoms with van der Waals surface area (Å²) in [5, 5.41) is 6.32. The van der Waals surface area contributed by atoms with Gasteiger partial charge in [-0.2, -0.15) is 0 Å². The van der Waals surface area contributed by atoms with Crippen molar-refractivity contribution in [2.24, 2.45) is 4.99 Å². The number of amides is 1. The number of carbonyl (C=O) groups is 1. The smallest absolute Gasteiger partial charge is 0.253 e. The molecule has 0 aromatic heterocycles. The number of guanidine groups is 1. The zero-order chi connectivity index (χ0) is 19.6. The van der Waals surface area contributed by atoms with Crippen LogP contribution in [0.2, 0.25) is 0 Å². The van der Waals surface area contributed by atoms with Gasteiger partial charge in [-0.05, 0) is 29.8 Å². The zero-order valence-corrected chi connectivity index (χ0v) is 15.8. The molecule has 0 fully saturated rings. The Hall–Kier alpha value is -3.09. The predicted octanol–water partition coefficient (Wildman–Crippen LogP) is 2.27. The minimum absolute atomic E-state index is 0.0229. The van der Waals surface area contributed by atoms with Crippen molar-refractivity contribution in [3.63, 3.8) is 0 Å². The average Bonchev–Trinajstić information content (AvgIpc) is 2.67. The van der Waals surface area contributed by atoms with Crippen LogP contribution in [-0.2, 0) is 6.54 Å². The molecule has 144 valence electrons. The van der Waals surface area contributed by atoms with Crippen LogP contribution in [-0.4, -0.2) is 51.1 Å². The number of rotatable bonds is 7. The van der Waals surface area contributed by atoms with Crippen LogP contribution in [0.1, 0.15) is 15.9 Å². The monoisotopic (exact) mass is 372 g/mol. The fraction of sp³-hybridized carbons (Fsp3) is 0.300. The summed E-state index contributed by atoms with van der Waals surface area (Å²) in [5.74, 6) is 0.778. The molecule has 1 amide bonds. The second kappa shape index (κ2) is 10.2. The lowest BCUT2D eigenvalue weighted by Gasteiger charge is -2.13. The van der Waals surface area contributed by atoms with E-state index in [-0.39, 0.29) is 11.7 Å². The van der Waals surface area contributed by atoms with Gasteiger partial charge in [0.2, 0.25) is 0 Å². The highest BCUT2D eigenvalue weighted by Crippen LogP contribution is 2.11. The van der Waals surface area contributed by atoms with Gasteiger partial charge in [0.25, 0.3) is 5.91 Å². The Morgan fingerprint density at radius 3 is 2.52 bits per heavy atom. The number of aliphatic imine (C=N–C) groups is 1. The summed E-state index contributed by atoms with van der Waals surface area (Å²) >= 11 is 0. The third-order valence-corrected chi connectivity index (χ3v) is 3.75. The van der Waals surface area contributed by atoms with Crippen LogP contribution in [0.4, 0.5) is 4.39 Å². The minimum Gasteiger partial charge on any atom is -0.492 e. The van der Waals surface area contributed by atoms with Gasteiger partial charge < -0.3 is 20.3 Å². The largest absolute Gasteiger partial charge is 0.492 e. The molecule has 0 aliphatic heterocycles. The quantitative estimate of drug-likeness (QED) is 0.445. The van der Waals surface area contributed by atoms with E-state index in [2.05, 4.69) is 15.6 Å². The van der Waals surface area contributed by atoms with E-state index >= 15 is 0 Å². The van der Waals surface area contributed by atoms with E-state index in [0.29, 0.717) is 37.0 Å². The van der Waals surface area contributed by atoms with Gasteiger partial charge in [0, 0.05) is 39.3 Å². The molecule has 2 rings (SSSR count). The lowest BCUT2D eigenvalue weighted by Crippen LogP contribution is -2.38. The number of halogens is 1. The van der Waals surface area contributed by atoms with Crippen molar-refractivity contribution >= 4 is 11.9 Å². The maximum absolute atomic E-state index is 13.1. The highest BCUT2D eigenvalue weighted by atomic mass is 19.1. The van der Waals surface area contributed by atoms with Crippen molar-refractivity contribution in [1.82, 2.24) is 15.5 Å². The van der Waals surface area contributed by atoms with Gasteiger partial charge in [-0.1, -0.05) is 18.2 Å². The van der Waals surface area contributed by atoms with Gasteiger partial charge >= 0.3 is 0 Å². The van der Waals surface area contributed by atoms with Gasteiger partial charge in [-0.15, -0.1) is 0 Å². The van der Waals surface area contributed by atoms with Gasteiger partial charge in [-0.3, -0.25) is 9.79 Å². The first-order chi connectivity index (χ1) is 13.0. The normalized spacial score (nSPS) is 11.0. The SMILES string of the molecule is CN=C(NCCOc1cccc(F)c1)NCc1ccc(C(=O)N(C)C)cc1. The molecule has 0 bridgehead atoms. The number of benzene rings is 2. The second-order valence-electron chi connectivity index (χ2n) is 6.05. The van der Waals surface area contributed by atoms with Crippen LogP contribution in [0.3, 0.4) is 0 Å².